The number of nitriles is 1. The quantitative estimate of drug-likeness (QED) is 0.834. The first-order valence-corrected chi connectivity index (χ1v) is 6.90. The minimum Gasteiger partial charge on any atom is -0.338 e. The van der Waals surface area contributed by atoms with Gasteiger partial charge in [0.2, 0.25) is 5.91 Å². The van der Waals surface area contributed by atoms with Gasteiger partial charge in [0, 0.05) is 12.6 Å². The van der Waals surface area contributed by atoms with Gasteiger partial charge >= 0.3 is 0 Å². The molecule has 3 heteroatoms. The van der Waals surface area contributed by atoms with E-state index in [1.807, 2.05) is 35.2 Å². The molecule has 3 nitrogen and oxygen atoms in total. The van der Waals surface area contributed by atoms with Crippen LogP contribution in [0.15, 0.2) is 30.3 Å². The highest BCUT2D eigenvalue weighted by atomic mass is 16.2. The maximum atomic E-state index is 12.6. The van der Waals surface area contributed by atoms with Gasteiger partial charge in [0.25, 0.3) is 0 Å². The Labute approximate surface area is 114 Å². The highest BCUT2D eigenvalue weighted by Crippen LogP contribution is 2.28. The van der Waals surface area contributed by atoms with Gasteiger partial charge in [-0.15, -0.1) is 0 Å². The van der Waals surface area contributed by atoms with Gasteiger partial charge in [-0.25, -0.2) is 0 Å². The van der Waals surface area contributed by atoms with Crippen molar-refractivity contribution >= 4 is 5.91 Å². The fourth-order valence-electron chi connectivity index (χ4n) is 2.84. The van der Waals surface area contributed by atoms with E-state index in [4.69, 9.17) is 0 Å². The molecule has 0 N–H and O–H groups in total. The minimum absolute atomic E-state index is 0.0371. The summed E-state index contributed by atoms with van der Waals surface area (Å²) in [6, 6.07) is 11.8. The fourth-order valence-corrected chi connectivity index (χ4v) is 2.84. The number of amides is 1. The lowest BCUT2D eigenvalue weighted by Crippen LogP contribution is -2.41. The van der Waals surface area contributed by atoms with Gasteiger partial charge in [-0.2, -0.15) is 5.26 Å². The number of carbonyl (C=O) groups is 1. The second kappa shape index (κ2) is 5.88. The van der Waals surface area contributed by atoms with Crippen molar-refractivity contribution < 1.29 is 4.79 Å². The van der Waals surface area contributed by atoms with Gasteiger partial charge in [-0.1, -0.05) is 44.2 Å². The van der Waals surface area contributed by atoms with Crippen molar-refractivity contribution in [3.05, 3.63) is 35.9 Å². The van der Waals surface area contributed by atoms with Crippen LogP contribution >= 0.6 is 0 Å². The molecule has 1 aromatic carbocycles. The number of rotatable bonds is 3. The van der Waals surface area contributed by atoms with Crippen molar-refractivity contribution in [2.75, 3.05) is 6.54 Å². The molecule has 0 saturated carbocycles. The van der Waals surface area contributed by atoms with Gasteiger partial charge in [0.05, 0.1) is 6.07 Å². The Kier molecular flexibility index (Phi) is 4.21. The Hall–Kier alpha value is -1.82. The van der Waals surface area contributed by atoms with Crippen molar-refractivity contribution in [3.8, 4) is 6.07 Å². The van der Waals surface area contributed by atoms with E-state index in [1.54, 1.807) is 0 Å². The molecule has 1 fully saturated rings. The van der Waals surface area contributed by atoms with Crippen LogP contribution in [-0.2, 0) is 4.79 Å². The molecule has 1 aliphatic rings. The molecular weight excluding hydrogens is 236 g/mol. The van der Waals surface area contributed by atoms with Crippen LogP contribution in [0.2, 0.25) is 0 Å². The van der Waals surface area contributed by atoms with E-state index < -0.39 is 5.92 Å². The van der Waals surface area contributed by atoms with Crippen molar-refractivity contribution in [2.45, 2.75) is 38.6 Å². The van der Waals surface area contributed by atoms with Crippen LogP contribution in [0.25, 0.3) is 0 Å². The normalized spacial score (nSPS) is 20.3. The number of nitrogens with zero attached hydrogens (tertiary/aromatic N) is 2. The molecule has 1 amide bonds. The fraction of sp³-hybridized carbons (Fsp3) is 0.500. The first-order valence-electron chi connectivity index (χ1n) is 6.90. The molecule has 2 atom stereocenters. The topological polar surface area (TPSA) is 44.1 Å². The molecule has 0 aliphatic carbocycles. The van der Waals surface area contributed by atoms with Crippen molar-refractivity contribution in [1.82, 2.24) is 4.90 Å². The molecule has 1 heterocycles. The number of likely N-dealkylation sites (tertiary alicyclic amines) is 1. The zero-order valence-corrected chi connectivity index (χ0v) is 11.5. The second-order valence-electron chi connectivity index (χ2n) is 5.46. The van der Waals surface area contributed by atoms with Crippen molar-refractivity contribution in [3.63, 3.8) is 0 Å². The van der Waals surface area contributed by atoms with Gasteiger partial charge in [-0.3, -0.25) is 4.79 Å². The average Bonchev–Trinajstić information content (AvgIpc) is 2.90. The Balaban J connectivity index is 2.20. The molecule has 1 saturated heterocycles. The molecule has 100 valence electrons. The largest absolute Gasteiger partial charge is 0.338 e. The van der Waals surface area contributed by atoms with Crippen LogP contribution in [0, 0.1) is 17.2 Å². The van der Waals surface area contributed by atoms with Crippen LogP contribution in [0.1, 0.15) is 38.2 Å². The zero-order chi connectivity index (χ0) is 13.8. The Morgan fingerprint density at radius 2 is 2.05 bits per heavy atom. The standard InChI is InChI=1S/C16H20N2O/c1-12(2)15-9-6-10-18(15)16(19)14(11-17)13-7-4-3-5-8-13/h3-5,7-8,12,14-15H,6,9-10H2,1-2H3. The lowest BCUT2D eigenvalue weighted by molar-refractivity contribution is -0.133. The van der Waals surface area contributed by atoms with Gasteiger partial charge in [0.15, 0.2) is 0 Å². The molecular formula is C16H20N2O. The number of hydrogen-bond donors (Lipinski definition) is 0. The van der Waals surface area contributed by atoms with Gasteiger partial charge < -0.3 is 4.90 Å². The first kappa shape index (κ1) is 13.6. The van der Waals surface area contributed by atoms with Crippen molar-refractivity contribution in [1.29, 1.82) is 5.26 Å². The third kappa shape index (κ3) is 2.78. The summed E-state index contributed by atoms with van der Waals surface area (Å²) < 4.78 is 0. The molecule has 0 bridgehead atoms. The monoisotopic (exact) mass is 256 g/mol. The highest BCUT2D eigenvalue weighted by Gasteiger charge is 2.35. The number of carbonyl (C=O) groups excluding carboxylic acids is 1. The zero-order valence-electron chi connectivity index (χ0n) is 11.5. The SMILES string of the molecule is CC(C)C1CCCN1C(=O)C(C#N)c1ccccc1. The van der Waals surface area contributed by atoms with Crippen molar-refractivity contribution in [2.24, 2.45) is 5.92 Å². The molecule has 2 unspecified atom stereocenters. The summed E-state index contributed by atoms with van der Waals surface area (Å²) in [7, 11) is 0. The summed E-state index contributed by atoms with van der Waals surface area (Å²) >= 11 is 0. The third-order valence-corrected chi connectivity index (χ3v) is 3.86. The maximum absolute atomic E-state index is 12.6. The third-order valence-electron chi connectivity index (χ3n) is 3.86. The summed E-state index contributed by atoms with van der Waals surface area (Å²) in [5.41, 5.74) is 0.796. The molecule has 1 aliphatic heterocycles. The predicted molar refractivity (Wildman–Crippen MR) is 74.4 cm³/mol. The van der Waals surface area contributed by atoms with E-state index in [1.165, 1.54) is 0 Å². The number of benzene rings is 1. The molecule has 0 radical (unpaired) electrons. The van der Waals surface area contributed by atoms with Crippen LogP contribution in [-0.4, -0.2) is 23.4 Å². The Bertz CT molecular complexity index is 475. The molecule has 0 aromatic heterocycles. The van der Waals surface area contributed by atoms with Gasteiger partial charge in [0.1, 0.15) is 5.92 Å². The lowest BCUT2D eigenvalue weighted by atomic mass is 9.96. The van der Waals surface area contributed by atoms with E-state index in [0.717, 1.165) is 24.9 Å². The summed E-state index contributed by atoms with van der Waals surface area (Å²) in [6.07, 6.45) is 2.10. The molecule has 0 spiro atoms. The van der Waals surface area contributed by atoms with E-state index >= 15 is 0 Å². The predicted octanol–water partition coefficient (Wildman–Crippen LogP) is 2.94. The smallest absolute Gasteiger partial charge is 0.244 e. The molecule has 2 rings (SSSR count). The van der Waals surface area contributed by atoms with E-state index in [9.17, 15) is 10.1 Å². The summed E-state index contributed by atoms with van der Waals surface area (Å²) in [6.45, 7) is 5.06. The van der Waals surface area contributed by atoms with Crippen LogP contribution < -0.4 is 0 Å². The Morgan fingerprint density at radius 3 is 2.63 bits per heavy atom. The van der Waals surface area contributed by atoms with Crippen LogP contribution in [0.3, 0.4) is 0 Å². The van der Waals surface area contributed by atoms with E-state index in [0.29, 0.717) is 5.92 Å². The average molecular weight is 256 g/mol. The second-order valence-corrected chi connectivity index (χ2v) is 5.46. The van der Waals surface area contributed by atoms with E-state index in [-0.39, 0.29) is 11.9 Å². The summed E-state index contributed by atoms with van der Waals surface area (Å²) in [4.78, 5) is 14.5. The lowest BCUT2D eigenvalue weighted by Gasteiger charge is -2.29. The van der Waals surface area contributed by atoms with E-state index in [2.05, 4.69) is 19.9 Å². The summed E-state index contributed by atoms with van der Waals surface area (Å²) in [5, 5.41) is 9.34. The molecule has 19 heavy (non-hydrogen) atoms. The van der Waals surface area contributed by atoms with Crippen LogP contribution in [0.5, 0.6) is 0 Å². The minimum atomic E-state index is -0.666. The molecule has 1 aromatic rings. The highest BCUT2D eigenvalue weighted by molar-refractivity contribution is 5.87. The summed E-state index contributed by atoms with van der Waals surface area (Å²) in [5.74, 6) is -0.257. The first-order chi connectivity index (χ1) is 9.15. The van der Waals surface area contributed by atoms with Crippen LogP contribution in [0.4, 0.5) is 0 Å². The van der Waals surface area contributed by atoms with Gasteiger partial charge in [-0.05, 0) is 24.3 Å². The Morgan fingerprint density at radius 1 is 1.37 bits per heavy atom. The maximum Gasteiger partial charge on any atom is 0.244 e. The number of hydrogen-bond acceptors (Lipinski definition) is 2.